The third kappa shape index (κ3) is 3.52. The summed E-state index contributed by atoms with van der Waals surface area (Å²) in [6, 6.07) is 10.5. The molecule has 0 spiro atoms. The van der Waals surface area contributed by atoms with E-state index in [2.05, 4.69) is 9.97 Å². The predicted molar refractivity (Wildman–Crippen MR) is 98.9 cm³/mol. The Bertz CT molecular complexity index is 1050. The van der Waals surface area contributed by atoms with E-state index in [1.54, 1.807) is 12.5 Å². The number of hydrogen-bond acceptors (Lipinski definition) is 6. The maximum absolute atomic E-state index is 12.6. The zero-order valence-electron chi connectivity index (χ0n) is 13.5. The molecule has 2 heterocycles. The summed E-state index contributed by atoms with van der Waals surface area (Å²) in [6.07, 6.45) is 1.25. The molecule has 130 valence electrons. The van der Waals surface area contributed by atoms with Gasteiger partial charge in [0.1, 0.15) is 15.8 Å². The van der Waals surface area contributed by atoms with Crippen LogP contribution in [-0.4, -0.2) is 22.9 Å². The standard InChI is InChI=1S/C18H12ClN3O3S/c1-25-12-4-2-10(3-5-12)15-9-26-18(22-15)13(7-20)16(23)11-6-14(19)17(24)21-8-11/h2-6,8-9,13H,1H3,(H,21,24)/t13-/m0/s1. The van der Waals surface area contributed by atoms with Gasteiger partial charge in [-0.25, -0.2) is 4.98 Å². The number of Topliss-reactive ketones (excluding diaryl/α,β-unsaturated/α-hetero) is 1. The molecule has 0 aliphatic heterocycles. The van der Waals surface area contributed by atoms with E-state index in [-0.39, 0.29) is 10.6 Å². The van der Waals surface area contributed by atoms with Crippen LogP contribution in [0.1, 0.15) is 21.3 Å². The minimum Gasteiger partial charge on any atom is -0.497 e. The lowest BCUT2D eigenvalue weighted by Gasteiger charge is -2.05. The average molecular weight is 386 g/mol. The van der Waals surface area contributed by atoms with Crippen molar-refractivity contribution in [1.29, 1.82) is 5.26 Å². The van der Waals surface area contributed by atoms with Crippen molar-refractivity contribution in [3.05, 3.63) is 67.9 Å². The van der Waals surface area contributed by atoms with E-state index in [4.69, 9.17) is 16.3 Å². The van der Waals surface area contributed by atoms with Gasteiger partial charge in [0, 0.05) is 22.7 Å². The fourth-order valence-corrected chi connectivity index (χ4v) is 3.35. The molecule has 0 aliphatic carbocycles. The molecular weight excluding hydrogens is 374 g/mol. The SMILES string of the molecule is COc1ccc(-c2csc([C@@H](C#N)C(=O)c3c[nH]c(=O)c(Cl)c3)n2)cc1. The summed E-state index contributed by atoms with van der Waals surface area (Å²) in [5.41, 5.74) is 1.18. The Balaban J connectivity index is 1.90. The number of halogens is 1. The van der Waals surface area contributed by atoms with Gasteiger partial charge in [-0.3, -0.25) is 9.59 Å². The zero-order chi connectivity index (χ0) is 18.7. The maximum atomic E-state index is 12.6. The number of hydrogen-bond donors (Lipinski definition) is 1. The van der Waals surface area contributed by atoms with E-state index in [0.29, 0.717) is 10.7 Å². The first kappa shape index (κ1) is 17.9. The summed E-state index contributed by atoms with van der Waals surface area (Å²) >= 11 is 6.99. The van der Waals surface area contributed by atoms with E-state index >= 15 is 0 Å². The van der Waals surface area contributed by atoms with Crippen LogP contribution < -0.4 is 10.3 Å². The van der Waals surface area contributed by atoms with Crippen LogP contribution >= 0.6 is 22.9 Å². The number of carbonyl (C=O) groups excluding carboxylic acids is 1. The monoisotopic (exact) mass is 385 g/mol. The summed E-state index contributed by atoms with van der Waals surface area (Å²) < 4.78 is 5.12. The molecular formula is C18H12ClN3O3S. The molecule has 3 aromatic rings. The van der Waals surface area contributed by atoms with Crippen molar-refractivity contribution in [2.24, 2.45) is 0 Å². The maximum Gasteiger partial charge on any atom is 0.266 e. The average Bonchev–Trinajstić information content (AvgIpc) is 3.14. The molecule has 8 heteroatoms. The Kier molecular flexibility index (Phi) is 5.16. The van der Waals surface area contributed by atoms with Crippen LogP contribution in [0.3, 0.4) is 0 Å². The Morgan fingerprint density at radius 2 is 2.12 bits per heavy atom. The van der Waals surface area contributed by atoms with E-state index in [1.165, 1.54) is 23.6 Å². The van der Waals surface area contributed by atoms with Gasteiger partial charge in [0.05, 0.1) is 18.9 Å². The quantitative estimate of drug-likeness (QED) is 0.676. The molecule has 1 atom stereocenters. The summed E-state index contributed by atoms with van der Waals surface area (Å²) in [5.74, 6) is -0.820. The van der Waals surface area contributed by atoms with Crippen LogP contribution in [0.25, 0.3) is 11.3 Å². The predicted octanol–water partition coefficient (Wildman–Crippen LogP) is 3.65. The Labute approximate surface area is 157 Å². The lowest BCUT2D eigenvalue weighted by molar-refractivity contribution is 0.0978. The summed E-state index contributed by atoms with van der Waals surface area (Å²) in [5, 5.41) is 11.5. The van der Waals surface area contributed by atoms with Gasteiger partial charge in [0.15, 0.2) is 11.7 Å². The van der Waals surface area contributed by atoms with Crippen molar-refractivity contribution in [2.45, 2.75) is 5.92 Å². The third-order valence-corrected chi connectivity index (χ3v) is 4.88. The van der Waals surface area contributed by atoms with E-state index in [0.717, 1.165) is 11.3 Å². The van der Waals surface area contributed by atoms with Gasteiger partial charge in [-0.2, -0.15) is 5.26 Å². The Hall–Kier alpha value is -2.95. The molecule has 0 bridgehead atoms. The minimum atomic E-state index is -1.08. The number of methoxy groups -OCH3 is 1. The number of ketones is 1. The van der Waals surface area contributed by atoms with E-state index < -0.39 is 17.3 Å². The first-order chi connectivity index (χ1) is 12.5. The molecule has 26 heavy (non-hydrogen) atoms. The second kappa shape index (κ2) is 7.52. The summed E-state index contributed by atoms with van der Waals surface area (Å²) in [4.78, 5) is 30.7. The van der Waals surface area contributed by atoms with Crippen LogP contribution in [-0.2, 0) is 0 Å². The van der Waals surface area contributed by atoms with Gasteiger partial charge < -0.3 is 9.72 Å². The fraction of sp³-hybridized carbons (Fsp3) is 0.111. The molecule has 0 fully saturated rings. The highest BCUT2D eigenvalue weighted by Crippen LogP contribution is 2.29. The van der Waals surface area contributed by atoms with Gasteiger partial charge in [-0.15, -0.1) is 11.3 Å². The Morgan fingerprint density at radius 3 is 2.73 bits per heavy atom. The van der Waals surface area contributed by atoms with E-state index in [9.17, 15) is 14.9 Å². The number of pyridine rings is 1. The third-order valence-electron chi connectivity index (χ3n) is 3.69. The number of aromatic amines is 1. The molecule has 0 saturated heterocycles. The summed E-state index contributed by atoms with van der Waals surface area (Å²) in [6.45, 7) is 0. The second-order valence-corrected chi connectivity index (χ2v) is 6.59. The smallest absolute Gasteiger partial charge is 0.266 e. The second-order valence-electron chi connectivity index (χ2n) is 5.29. The minimum absolute atomic E-state index is 0.106. The normalized spacial score (nSPS) is 11.6. The highest BCUT2D eigenvalue weighted by atomic mass is 35.5. The molecule has 1 aromatic carbocycles. The van der Waals surface area contributed by atoms with Gasteiger partial charge in [0.2, 0.25) is 0 Å². The van der Waals surface area contributed by atoms with Gasteiger partial charge in [-0.05, 0) is 30.3 Å². The number of aromatic nitrogens is 2. The number of ether oxygens (including phenoxy) is 1. The van der Waals surface area contributed by atoms with Crippen LogP contribution in [0.4, 0.5) is 0 Å². The highest BCUT2D eigenvalue weighted by Gasteiger charge is 2.26. The van der Waals surface area contributed by atoms with Crippen LogP contribution in [0.5, 0.6) is 5.75 Å². The topological polar surface area (TPSA) is 95.8 Å². The number of nitrogens with zero attached hydrogens (tertiary/aromatic N) is 2. The van der Waals surface area contributed by atoms with Crippen molar-refractivity contribution < 1.29 is 9.53 Å². The number of carbonyl (C=O) groups is 1. The molecule has 2 aromatic heterocycles. The molecule has 0 saturated carbocycles. The van der Waals surface area contributed by atoms with Crippen molar-refractivity contribution in [2.75, 3.05) is 7.11 Å². The van der Waals surface area contributed by atoms with Gasteiger partial charge in [0.25, 0.3) is 5.56 Å². The van der Waals surface area contributed by atoms with E-state index in [1.807, 2.05) is 30.3 Å². The molecule has 1 N–H and O–H groups in total. The Morgan fingerprint density at radius 1 is 1.38 bits per heavy atom. The summed E-state index contributed by atoms with van der Waals surface area (Å²) in [7, 11) is 1.59. The first-order valence-electron chi connectivity index (χ1n) is 7.45. The van der Waals surface area contributed by atoms with Crippen LogP contribution in [0.15, 0.2) is 46.7 Å². The number of thiazole rings is 1. The lowest BCUT2D eigenvalue weighted by atomic mass is 10.0. The first-order valence-corrected chi connectivity index (χ1v) is 8.71. The number of rotatable bonds is 5. The molecule has 0 unspecified atom stereocenters. The lowest BCUT2D eigenvalue weighted by Crippen LogP contribution is -2.14. The fourth-order valence-electron chi connectivity index (χ4n) is 2.31. The van der Waals surface area contributed by atoms with Crippen molar-refractivity contribution in [3.63, 3.8) is 0 Å². The number of nitrogens with one attached hydrogen (secondary N) is 1. The van der Waals surface area contributed by atoms with Crippen LogP contribution in [0.2, 0.25) is 5.02 Å². The molecule has 0 aliphatic rings. The molecule has 0 radical (unpaired) electrons. The van der Waals surface area contributed by atoms with Crippen LogP contribution in [0, 0.1) is 11.3 Å². The molecule has 6 nitrogen and oxygen atoms in total. The van der Waals surface area contributed by atoms with Gasteiger partial charge in [-0.1, -0.05) is 11.6 Å². The highest BCUT2D eigenvalue weighted by molar-refractivity contribution is 7.10. The number of H-pyrrole nitrogens is 1. The van der Waals surface area contributed by atoms with Crippen molar-refractivity contribution in [1.82, 2.24) is 9.97 Å². The largest absolute Gasteiger partial charge is 0.497 e. The van der Waals surface area contributed by atoms with Crippen molar-refractivity contribution >= 4 is 28.7 Å². The zero-order valence-corrected chi connectivity index (χ0v) is 15.1. The van der Waals surface area contributed by atoms with Crippen molar-refractivity contribution in [3.8, 4) is 23.1 Å². The molecule has 0 amide bonds. The molecule has 3 rings (SSSR count). The number of nitriles is 1. The van der Waals surface area contributed by atoms with Gasteiger partial charge >= 0.3 is 0 Å². The number of benzene rings is 1.